The van der Waals surface area contributed by atoms with Crippen LogP contribution in [0.3, 0.4) is 0 Å². The minimum Gasteiger partial charge on any atom is -0.481 e. The van der Waals surface area contributed by atoms with Gasteiger partial charge < -0.3 is 9.84 Å². The quantitative estimate of drug-likeness (QED) is 0.441. The SMILES string of the molecule is CC(=O)O[C@H]1CC[C@@]2(C)C(=CC[C@H]3[C@@H]4CC[C@@H]([C@H](C)CCC(=O)O)[C@@]4(C)CC[C@@H]32)C1. The Morgan fingerprint density at radius 1 is 1.17 bits per heavy atom. The minimum absolute atomic E-state index is 0.0678. The number of carboxylic acid groups (broad SMARTS) is 1. The molecule has 4 aliphatic rings. The highest BCUT2D eigenvalue weighted by atomic mass is 16.5. The van der Waals surface area contributed by atoms with Crippen LogP contribution < -0.4 is 0 Å². The highest BCUT2D eigenvalue weighted by Crippen LogP contribution is 2.67. The largest absolute Gasteiger partial charge is 0.481 e. The van der Waals surface area contributed by atoms with Crippen molar-refractivity contribution in [3.63, 3.8) is 0 Å². The monoisotopic (exact) mass is 416 g/mol. The fourth-order valence-electron chi connectivity index (χ4n) is 8.49. The predicted molar refractivity (Wildman–Crippen MR) is 117 cm³/mol. The van der Waals surface area contributed by atoms with Crippen LogP contribution in [0.25, 0.3) is 0 Å². The molecule has 30 heavy (non-hydrogen) atoms. The lowest BCUT2D eigenvalue weighted by Crippen LogP contribution is -2.51. The molecule has 8 atom stereocenters. The van der Waals surface area contributed by atoms with Gasteiger partial charge in [0.15, 0.2) is 0 Å². The molecular formula is C26H40O4. The molecule has 0 bridgehead atoms. The highest BCUT2D eigenvalue weighted by molar-refractivity contribution is 5.66. The molecule has 0 spiro atoms. The van der Waals surface area contributed by atoms with Crippen molar-refractivity contribution < 1.29 is 19.4 Å². The second kappa shape index (κ2) is 7.98. The van der Waals surface area contributed by atoms with Crippen LogP contribution in [-0.2, 0) is 14.3 Å². The van der Waals surface area contributed by atoms with Crippen molar-refractivity contribution in [2.45, 2.75) is 98.0 Å². The Hall–Kier alpha value is -1.32. The number of carbonyl (C=O) groups is 2. The molecule has 3 saturated carbocycles. The number of aliphatic carboxylic acids is 1. The van der Waals surface area contributed by atoms with Crippen LogP contribution in [0, 0.1) is 40.4 Å². The summed E-state index contributed by atoms with van der Waals surface area (Å²) in [4.78, 5) is 22.5. The van der Waals surface area contributed by atoms with Crippen LogP contribution in [0.1, 0.15) is 91.9 Å². The third-order valence-corrected chi connectivity index (χ3v) is 9.97. The van der Waals surface area contributed by atoms with E-state index in [9.17, 15) is 9.59 Å². The van der Waals surface area contributed by atoms with Gasteiger partial charge in [0.2, 0.25) is 0 Å². The number of allylic oxidation sites excluding steroid dienone is 1. The molecule has 0 heterocycles. The van der Waals surface area contributed by atoms with Crippen LogP contribution in [0.15, 0.2) is 11.6 Å². The Balaban J connectivity index is 1.51. The van der Waals surface area contributed by atoms with E-state index in [-0.39, 0.29) is 17.5 Å². The summed E-state index contributed by atoms with van der Waals surface area (Å²) in [7, 11) is 0. The molecule has 4 aliphatic carbocycles. The molecule has 0 saturated heterocycles. The van der Waals surface area contributed by atoms with E-state index < -0.39 is 5.97 Å². The Bertz CT molecular complexity index is 727. The summed E-state index contributed by atoms with van der Waals surface area (Å²) in [6.07, 6.45) is 13.1. The maximum absolute atomic E-state index is 11.4. The van der Waals surface area contributed by atoms with E-state index >= 15 is 0 Å². The first-order valence-electron chi connectivity index (χ1n) is 12.2. The number of ether oxygens (including phenoxy) is 1. The van der Waals surface area contributed by atoms with Gasteiger partial charge in [-0.1, -0.05) is 32.4 Å². The minimum atomic E-state index is -0.660. The van der Waals surface area contributed by atoms with Gasteiger partial charge in [0.25, 0.3) is 0 Å². The smallest absolute Gasteiger partial charge is 0.303 e. The van der Waals surface area contributed by atoms with Gasteiger partial charge in [-0.05, 0) is 91.8 Å². The summed E-state index contributed by atoms with van der Waals surface area (Å²) in [5.41, 5.74) is 2.19. The van der Waals surface area contributed by atoms with Crippen LogP contribution in [0.2, 0.25) is 0 Å². The van der Waals surface area contributed by atoms with Gasteiger partial charge in [-0.15, -0.1) is 0 Å². The molecule has 1 N–H and O–H groups in total. The van der Waals surface area contributed by atoms with Gasteiger partial charge in [-0.3, -0.25) is 9.59 Å². The van der Waals surface area contributed by atoms with Crippen LogP contribution >= 0.6 is 0 Å². The first kappa shape index (κ1) is 21.9. The number of carboxylic acids is 1. The van der Waals surface area contributed by atoms with Gasteiger partial charge >= 0.3 is 11.9 Å². The molecule has 3 fully saturated rings. The summed E-state index contributed by atoms with van der Waals surface area (Å²) < 4.78 is 5.57. The Labute approximate surface area is 181 Å². The van der Waals surface area contributed by atoms with Gasteiger partial charge in [0.05, 0.1) is 0 Å². The number of hydrogen-bond acceptors (Lipinski definition) is 3. The molecule has 4 heteroatoms. The Morgan fingerprint density at radius 2 is 1.93 bits per heavy atom. The third kappa shape index (κ3) is 3.62. The lowest BCUT2D eigenvalue weighted by Gasteiger charge is -2.58. The van der Waals surface area contributed by atoms with E-state index in [1.54, 1.807) is 5.57 Å². The summed E-state index contributed by atoms with van der Waals surface area (Å²) >= 11 is 0. The fourth-order valence-corrected chi connectivity index (χ4v) is 8.49. The maximum Gasteiger partial charge on any atom is 0.303 e. The van der Waals surface area contributed by atoms with Crippen molar-refractivity contribution >= 4 is 11.9 Å². The van der Waals surface area contributed by atoms with Gasteiger partial charge in [0.1, 0.15) is 6.10 Å². The first-order chi connectivity index (χ1) is 14.1. The summed E-state index contributed by atoms with van der Waals surface area (Å²) in [6.45, 7) is 8.84. The highest BCUT2D eigenvalue weighted by Gasteiger charge is 2.59. The number of carbonyl (C=O) groups excluding carboxylic acids is 1. The standard InChI is InChI=1S/C26H40O4/c1-16(5-10-24(28)29)21-8-9-22-20-7-6-18-15-19(30-17(2)27)11-13-25(18,3)23(20)12-14-26(21,22)4/h6,16,19-23H,5,7-15H2,1-4H3,(H,28,29)/t16-,19+,20+,21+,22+,23+,25+,26-/m1/s1. The maximum atomic E-state index is 11.4. The number of rotatable bonds is 5. The fraction of sp³-hybridized carbons (Fsp3) is 0.846. The van der Waals surface area contributed by atoms with E-state index in [1.807, 2.05) is 0 Å². The summed E-state index contributed by atoms with van der Waals surface area (Å²) in [5, 5.41) is 9.13. The molecule has 0 aromatic rings. The number of fused-ring (bicyclic) bond motifs is 5. The zero-order valence-electron chi connectivity index (χ0n) is 19.3. The molecule has 0 aliphatic heterocycles. The molecule has 0 aromatic heterocycles. The van der Waals surface area contributed by atoms with Crippen molar-refractivity contribution in [1.82, 2.24) is 0 Å². The van der Waals surface area contributed by atoms with Crippen LogP contribution in [0.4, 0.5) is 0 Å². The molecule has 0 aromatic carbocycles. The average molecular weight is 417 g/mol. The molecule has 0 amide bonds. The number of hydrogen-bond donors (Lipinski definition) is 1. The predicted octanol–water partition coefficient (Wildman–Crippen LogP) is 6.00. The first-order valence-corrected chi connectivity index (χ1v) is 12.2. The van der Waals surface area contributed by atoms with E-state index in [0.717, 1.165) is 43.4 Å². The number of esters is 1. The zero-order valence-corrected chi connectivity index (χ0v) is 19.3. The lowest BCUT2D eigenvalue weighted by atomic mass is 9.47. The average Bonchev–Trinajstić information content (AvgIpc) is 3.03. The normalized spacial score (nSPS) is 43.6. The van der Waals surface area contributed by atoms with Crippen molar-refractivity contribution in [2.75, 3.05) is 0 Å². The third-order valence-electron chi connectivity index (χ3n) is 9.97. The second-order valence-corrected chi connectivity index (χ2v) is 11.4. The van der Waals surface area contributed by atoms with E-state index in [0.29, 0.717) is 23.7 Å². The molecule has 4 nitrogen and oxygen atoms in total. The topological polar surface area (TPSA) is 63.6 Å². The van der Waals surface area contributed by atoms with Crippen molar-refractivity contribution in [3.05, 3.63) is 11.6 Å². The van der Waals surface area contributed by atoms with Crippen molar-refractivity contribution in [2.24, 2.45) is 40.4 Å². The van der Waals surface area contributed by atoms with Crippen LogP contribution in [-0.4, -0.2) is 23.1 Å². The molecule has 4 rings (SSSR count). The van der Waals surface area contributed by atoms with E-state index in [2.05, 4.69) is 26.8 Å². The van der Waals surface area contributed by atoms with Gasteiger partial charge in [-0.25, -0.2) is 0 Å². The zero-order chi connectivity index (χ0) is 21.7. The molecule has 0 radical (unpaired) electrons. The molecule has 168 valence electrons. The van der Waals surface area contributed by atoms with E-state index in [1.165, 1.54) is 39.0 Å². The second-order valence-electron chi connectivity index (χ2n) is 11.4. The summed E-state index contributed by atoms with van der Waals surface area (Å²) in [5.74, 6) is 2.64. The van der Waals surface area contributed by atoms with Crippen molar-refractivity contribution in [1.29, 1.82) is 0 Å². The van der Waals surface area contributed by atoms with Gasteiger partial charge in [0, 0.05) is 19.8 Å². The molecule has 0 unspecified atom stereocenters. The van der Waals surface area contributed by atoms with Crippen LogP contribution in [0.5, 0.6) is 0 Å². The van der Waals surface area contributed by atoms with Gasteiger partial charge in [-0.2, -0.15) is 0 Å². The molecular weight excluding hydrogens is 376 g/mol. The summed E-state index contributed by atoms with van der Waals surface area (Å²) in [6, 6.07) is 0. The Kier molecular flexibility index (Phi) is 5.83. The Morgan fingerprint density at radius 3 is 2.63 bits per heavy atom. The van der Waals surface area contributed by atoms with Crippen molar-refractivity contribution in [3.8, 4) is 0 Å². The lowest BCUT2D eigenvalue weighted by molar-refractivity contribution is -0.148. The van der Waals surface area contributed by atoms with E-state index in [4.69, 9.17) is 9.84 Å².